The molecule has 1 rings (SSSR count). The Kier molecular flexibility index (Phi) is 2.71. The maximum atomic E-state index is 10.4. The molecule has 0 heterocycles. The molecule has 1 amide bonds. The Morgan fingerprint density at radius 3 is 2.46 bits per heavy atom. The molecular formula is C11H15NO. The van der Waals surface area contributed by atoms with E-state index in [1.165, 1.54) is 5.56 Å². The number of carbonyl (C=O) groups is 1. The highest BCUT2D eigenvalue weighted by molar-refractivity contribution is 5.50. The van der Waals surface area contributed by atoms with Gasteiger partial charge < -0.3 is 5.32 Å². The van der Waals surface area contributed by atoms with E-state index in [2.05, 4.69) is 5.32 Å². The molecule has 70 valence electrons. The highest BCUT2D eigenvalue weighted by Gasteiger charge is 2.20. The van der Waals surface area contributed by atoms with Crippen molar-refractivity contribution in [1.82, 2.24) is 5.32 Å². The van der Waals surface area contributed by atoms with Crippen molar-refractivity contribution in [3.05, 3.63) is 35.4 Å². The molecule has 0 fully saturated rings. The van der Waals surface area contributed by atoms with Crippen LogP contribution in [0, 0.1) is 6.92 Å². The van der Waals surface area contributed by atoms with E-state index in [4.69, 9.17) is 0 Å². The molecule has 0 aliphatic rings. The lowest BCUT2D eigenvalue weighted by Crippen LogP contribution is -2.35. The van der Waals surface area contributed by atoms with Gasteiger partial charge in [-0.25, -0.2) is 0 Å². The minimum Gasteiger partial charge on any atom is -0.350 e. The number of benzene rings is 1. The summed E-state index contributed by atoms with van der Waals surface area (Å²) in [4.78, 5) is 10.4. The summed E-state index contributed by atoms with van der Waals surface area (Å²) in [6, 6.07) is 8.06. The van der Waals surface area contributed by atoms with Crippen LogP contribution >= 0.6 is 0 Å². The molecule has 0 saturated heterocycles. The van der Waals surface area contributed by atoms with Crippen molar-refractivity contribution in [2.45, 2.75) is 26.3 Å². The van der Waals surface area contributed by atoms with E-state index in [-0.39, 0.29) is 5.54 Å². The van der Waals surface area contributed by atoms with Crippen LogP contribution in [0.3, 0.4) is 0 Å². The van der Waals surface area contributed by atoms with E-state index < -0.39 is 0 Å². The van der Waals surface area contributed by atoms with Crippen molar-refractivity contribution in [1.29, 1.82) is 0 Å². The second-order valence-corrected chi connectivity index (χ2v) is 3.70. The summed E-state index contributed by atoms with van der Waals surface area (Å²) in [6.07, 6.45) is 0.742. The maximum absolute atomic E-state index is 10.4. The number of carbonyl (C=O) groups excluding carboxylic acids is 1. The van der Waals surface area contributed by atoms with Gasteiger partial charge in [-0.1, -0.05) is 24.3 Å². The summed E-state index contributed by atoms with van der Waals surface area (Å²) < 4.78 is 0. The van der Waals surface area contributed by atoms with Crippen molar-refractivity contribution in [3.63, 3.8) is 0 Å². The van der Waals surface area contributed by atoms with Crippen molar-refractivity contribution in [2.24, 2.45) is 0 Å². The Morgan fingerprint density at radius 1 is 1.31 bits per heavy atom. The molecule has 0 aromatic heterocycles. The fourth-order valence-electron chi connectivity index (χ4n) is 1.50. The number of hydrogen-bond acceptors (Lipinski definition) is 1. The second-order valence-electron chi connectivity index (χ2n) is 3.70. The van der Waals surface area contributed by atoms with Gasteiger partial charge in [-0.05, 0) is 31.9 Å². The van der Waals surface area contributed by atoms with E-state index in [9.17, 15) is 4.79 Å². The zero-order valence-electron chi connectivity index (χ0n) is 8.29. The molecule has 0 atom stereocenters. The van der Waals surface area contributed by atoms with Crippen LogP contribution in [-0.2, 0) is 10.3 Å². The monoisotopic (exact) mass is 177 g/mol. The normalized spacial score (nSPS) is 11.0. The molecule has 1 aromatic rings. The standard InChI is InChI=1S/C11H15NO/c1-9-6-4-5-7-10(9)11(2,3)12-8-13/h4-8H,1-3H3,(H,12,13). The maximum Gasteiger partial charge on any atom is 0.207 e. The van der Waals surface area contributed by atoms with Crippen molar-refractivity contribution in [2.75, 3.05) is 0 Å². The molecular weight excluding hydrogens is 162 g/mol. The van der Waals surface area contributed by atoms with Gasteiger partial charge in [0.25, 0.3) is 0 Å². The quantitative estimate of drug-likeness (QED) is 0.703. The van der Waals surface area contributed by atoms with Crippen LogP contribution in [0.4, 0.5) is 0 Å². The third kappa shape index (κ3) is 2.08. The lowest BCUT2D eigenvalue weighted by molar-refractivity contribution is -0.111. The molecule has 2 nitrogen and oxygen atoms in total. The zero-order valence-corrected chi connectivity index (χ0v) is 8.29. The summed E-state index contributed by atoms with van der Waals surface area (Å²) >= 11 is 0. The van der Waals surface area contributed by atoms with Gasteiger partial charge in [0, 0.05) is 0 Å². The average Bonchev–Trinajstić information content (AvgIpc) is 2.04. The molecule has 0 bridgehead atoms. The van der Waals surface area contributed by atoms with E-state index in [1.807, 2.05) is 45.0 Å². The molecule has 0 aliphatic carbocycles. The number of aryl methyl sites for hydroxylation is 1. The van der Waals surface area contributed by atoms with Crippen LogP contribution in [0.1, 0.15) is 25.0 Å². The molecule has 13 heavy (non-hydrogen) atoms. The van der Waals surface area contributed by atoms with Gasteiger partial charge in [-0.2, -0.15) is 0 Å². The minimum absolute atomic E-state index is 0.285. The first-order valence-electron chi connectivity index (χ1n) is 4.35. The lowest BCUT2D eigenvalue weighted by Gasteiger charge is -2.26. The first kappa shape index (κ1) is 9.78. The predicted molar refractivity (Wildman–Crippen MR) is 53.4 cm³/mol. The van der Waals surface area contributed by atoms with Crippen LogP contribution < -0.4 is 5.32 Å². The second kappa shape index (κ2) is 3.60. The average molecular weight is 177 g/mol. The van der Waals surface area contributed by atoms with Crippen molar-refractivity contribution in [3.8, 4) is 0 Å². The SMILES string of the molecule is Cc1ccccc1C(C)(C)NC=O. The van der Waals surface area contributed by atoms with Crippen LogP contribution in [0.25, 0.3) is 0 Å². The topological polar surface area (TPSA) is 29.1 Å². The third-order valence-corrected chi connectivity index (χ3v) is 2.24. The highest BCUT2D eigenvalue weighted by atomic mass is 16.1. The molecule has 0 aliphatic heterocycles. The Balaban J connectivity index is 3.06. The number of hydrogen-bond donors (Lipinski definition) is 1. The number of rotatable bonds is 3. The number of nitrogens with one attached hydrogen (secondary N) is 1. The lowest BCUT2D eigenvalue weighted by atomic mass is 9.91. The largest absolute Gasteiger partial charge is 0.350 e. The molecule has 0 spiro atoms. The third-order valence-electron chi connectivity index (χ3n) is 2.24. The van der Waals surface area contributed by atoms with E-state index >= 15 is 0 Å². The van der Waals surface area contributed by atoms with Gasteiger partial charge in [0.1, 0.15) is 0 Å². The molecule has 0 radical (unpaired) electrons. The highest BCUT2D eigenvalue weighted by Crippen LogP contribution is 2.22. The van der Waals surface area contributed by atoms with Gasteiger partial charge in [0.15, 0.2) is 0 Å². The Morgan fingerprint density at radius 2 is 1.92 bits per heavy atom. The summed E-state index contributed by atoms with van der Waals surface area (Å²) in [7, 11) is 0. The zero-order chi connectivity index (χ0) is 9.90. The molecule has 0 saturated carbocycles. The fourth-order valence-corrected chi connectivity index (χ4v) is 1.50. The van der Waals surface area contributed by atoms with Gasteiger partial charge in [-0.3, -0.25) is 4.79 Å². The smallest absolute Gasteiger partial charge is 0.207 e. The van der Waals surface area contributed by atoms with Crippen LogP contribution in [0.5, 0.6) is 0 Å². The molecule has 1 aromatic carbocycles. The number of amides is 1. The van der Waals surface area contributed by atoms with Gasteiger partial charge in [0.05, 0.1) is 5.54 Å². The van der Waals surface area contributed by atoms with Crippen LogP contribution in [0.2, 0.25) is 0 Å². The van der Waals surface area contributed by atoms with Crippen molar-refractivity contribution < 1.29 is 4.79 Å². The van der Waals surface area contributed by atoms with Gasteiger partial charge >= 0.3 is 0 Å². The molecule has 2 heteroatoms. The Hall–Kier alpha value is -1.31. The summed E-state index contributed by atoms with van der Waals surface area (Å²) in [5, 5.41) is 2.80. The molecule has 1 N–H and O–H groups in total. The molecule has 0 unspecified atom stereocenters. The predicted octanol–water partition coefficient (Wildman–Crippen LogP) is 1.98. The Labute approximate surface area is 79.0 Å². The fraction of sp³-hybridized carbons (Fsp3) is 0.364. The first-order chi connectivity index (χ1) is 6.08. The summed E-state index contributed by atoms with van der Waals surface area (Å²) in [6.45, 7) is 6.02. The van der Waals surface area contributed by atoms with E-state index in [0.29, 0.717) is 0 Å². The van der Waals surface area contributed by atoms with Crippen LogP contribution in [-0.4, -0.2) is 6.41 Å². The van der Waals surface area contributed by atoms with E-state index in [1.54, 1.807) is 0 Å². The van der Waals surface area contributed by atoms with Gasteiger partial charge in [-0.15, -0.1) is 0 Å². The van der Waals surface area contributed by atoms with Crippen LogP contribution in [0.15, 0.2) is 24.3 Å². The first-order valence-corrected chi connectivity index (χ1v) is 4.35. The van der Waals surface area contributed by atoms with Crippen molar-refractivity contribution >= 4 is 6.41 Å². The van der Waals surface area contributed by atoms with E-state index in [0.717, 1.165) is 12.0 Å². The summed E-state index contributed by atoms with van der Waals surface area (Å²) in [5.74, 6) is 0. The summed E-state index contributed by atoms with van der Waals surface area (Å²) in [5.41, 5.74) is 2.07. The van der Waals surface area contributed by atoms with Gasteiger partial charge in [0.2, 0.25) is 6.41 Å². The Bertz CT molecular complexity index is 305. The minimum atomic E-state index is -0.285.